The van der Waals surface area contributed by atoms with Crippen LogP contribution in [0.15, 0.2) is 18.2 Å². The number of hydrogen-bond acceptors (Lipinski definition) is 2. The van der Waals surface area contributed by atoms with Crippen molar-refractivity contribution in [2.75, 3.05) is 26.2 Å². The molecule has 0 aromatic heterocycles. The Kier molecular flexibility index (Phi) is 6.68. The Bertz CT molecular complexity index is 402. The van der Waals surface area contributed by atoms with Crippen LogP contribution in [0.25, 0.3) is 0 Å². The highest BCUT2D eigenvalue weighted by Crippen LogP contribution is 2.21. The van der Waals surface area contributed by atoms with Crippen LogP contribution < -0.4 is 4.74 Å². The minimum atomic E-state index is 0.805. The summed E-state index contributed by atoms with van der Waals surface area (Å²) in [5, 5.41) is 0.805. The number of aryl methyl sites for hydroxylation is 1. The lowest BCUT2D eigenvalue weighted by Gasteiger charge is -2.26. The zero-order valence-electron chi connectivity index (χ0n) is 12.5. The minimum absolute atomic E-state index is 0.805. The van der Waals surface area contributed by atoms with E-state index in [4.69, 9.17) is 16.3 Å². The van der Waals surface area contributed by atoms with Gasteiger partial charge in [0, 0.05) is 5.02 Å². The molecule has 1 aromatic rings. The van der Waals surface area contributed by atoms with E-state index in [1.807, 2.05) is 25.1 Å². The van der Waals surface area contributed by atoms with Gasteiger partial charge in [-0.1, -0.05) is 18.0 Å². The van der Waals surface area contributed by atoms with E-state index >= 15 is 0 Å². The van der Waals surface area contributed by atoms with E-state index < -0.39 is 0 Å². The van der Waals surface area contributed by atoms with Crippen LogP contribution >= 0.6 is 11.6 Å². The quantitative estimate of drug-likeness (QED) is 0.677. The second-order valence-electron chi connectivity index (χ2n) is 5.72. The van der Waals surface area contributed by atoms with E-state index in [9.17, 15) is 0 Å². The van der Waals surface area contributed by atoms with Crippen LogP contribution in [0.5, 0.6) is 5.75 Å². The Morgan fingerprint density at radius 1 is 1.10 bits per heavy atom. The van der Waals surface area contributed by atoms with Crippen LogP contribution in [0.2, 0.25) is 5.02 Å². The van der Waals surface area contributed by atoms with Crippen molar-refractivity contribution in [3.05, 3.63) is 28.8 Å². The topological polar surface area (TPSA) is 12.5 Å². The number of unbranched alkanes of at least 4 members (excludes halogenated alkanes) is 2. The van der Waals surface area contributed by atoms with Gasteiger partial charge in [-0.25, -0.2) is 0 Å². The lowest BCUT2D eigenvalue weighted by Crippen LogP contribution is -2.30. The lowest BCUT2D eigenvalue weighted by molar-refractivity contribution is 0.221. The highest BCUT2D eigenvalue weighted by Gasteiger charge is 2.08. The molecule has 1 aliphatic heterocycles. The van der Waals surface area contributed by atoms with Crippen LogP contribution in [0.4, 0.5) is 0 Å². The molecule has 0 bridgehead atoms. The molecule has 0 amide bonds. The SMILES string of the molecule is Cc1cc(OCCCCCN2CCCCC2)ccc1Cl. The first-order valence-corrected chi connectivity index (χ1v) is 8.25. The van der Waals surface area contributed by atoms with Gasteiger partial charge in [0.15, 0.2) is 0 Å². The standard InChI is InChI=1S/C17H26ClNO/c1-15-14-16(8-9-17(15)18)20-13-7-3-6-12-19-10-4-2-5-11-19/h8-9,14H,2-7,10-13H2,1H3. The van der Waals surface area contributed by atoms with Crippen LogP contribution in [0, 0.1) is 6.92 Å². The van der Waals surface area contributed by atoms with Gasteiger partial charge in [-0.2, -0.15) is 0 Å². The molecule has 1 fully saturated rings. The van der Waals surface area contributed by atoms with Crippen LogP contribution in [0.1, 0.15) is 44.1 Å². The van der Waals surface area contributed by atoms with E-state index in [1.165, 1.54) is 51.7 Å². The van der Waals surface area contributed by atoms with Crippen molar-refractivity contribution in [3.63, 3.8) is 0 Å². The summed E-state index contributed by atoms with van der Waals surface area (Å²) in [5.41, 5.74) is 1.08. The second kappa shape index (κ2) is 8.53. The van der Waals surface area contributed by atoms with E-state index in [-0.39, 0.29) is 0 Å². The zero-order chi connectivity index (χ0) is 14.2. The van der Waals surface area contributed by atoms with Gasteiger partial charge in [0.25, 0.3) is 0 Å². The molecule has 1 saturated heterocycles. The largest absolute Gasteiger partial charge is 0.494 e. The van der Waals surface area contributed by atoms with Crippen molar-refractivity contribution >= 4 is 11.6 Å². The van der Waals surface area contributed by atoms with E-state index in [2.05, 4.69) is 4.90 Å². The summed E-state index contributed by atoms with van der Waals surface area (Å²) >= 11 is 6.00. The highest BCUT2D eigenvalue weighted by molar-refractivity contribution is 6.31. The fourth-order valence-electron chi connectivity index (χ4n) is 2.69. The summed E-state index contributed by atoms with van der Waals surface area (Å²) in [4.78, 5) is 2.60. The third-order valence-corrected chi connectivity index (χ3v) is 4.39. The van der Waals surface area contributed by atoms with Gasteiger partial charge >= 0.3 is 0 Å². The van der Waals surface area contributed by atoms with Crippen molar-refractivity contribution in [1.82, 2.24) is 4.90 Å². The molecular formula is C17H26ClNO. The molecule has 0 spiro atoms. The predicted octanol–water partition coefficient (Wildman–Crippen LogP) is 4.68. The first kappa shape index (κ1) is 15.7. The number of ether oxygens (including phenoxy) is 1. The van der Waals surface area contributed by atoms with Crippen LogP contribution in [-0.4, -0.2) is 31.1 Å². The number of piperidine rings is 1. The first-order valence-electron chi connectivity index (χ1n) is 7.87. The monoisotopic (exact) mass is 295 g/mol. The number of halogens is 1. The third-order valence-electron chi connectivity index (χ3n) is 3.97. The Morgan fingerprint density at radius 3 is 2.65 bits per heavy atom. The molecule has 0 atom stereocenters. The Labute approximate surface area is 128 Å². The molecule has 112 valence electrons. The average molecular weight is 296 g/mol. The number of benzene rings is 1. The molecule has 1 aromatic carbocycles. The normalized spacial score (nSPS) is 16.3. The van der Waals surface area contributed by atoms with Gasteiger partial charge in [0.2, 0.25) is 0 Å². The first-order chi connectivity index (χ1) is 9.75. The van der Waals surface area contributed by atoms with Gasteiger partial charge in [-0.05, 0) is 82.4 Å². The molecule has 2 nitrogen and oxygen atoms in total. The molecule has 0 saturated carbocycles. The summed E-state index contributed by atoms with van der Waals surface area (Å²) in [7, 11) is 0. The van der Waals surface area contributed by atoms with Crippen LogP contribution in [0.3, 0.4) is 0 Å². The Morgan fingerprint density at radius 2 is 1.90 bits per heavy atom. The number of rotatable bonds is 7. The smallest absolute Gasteiger partial charge is 0.119 e. The molecule has 0 radical (unpaired) electrons. The minimum Gasteiger partial charge on any atom is -0.494 e. The average Bonchev–Trinajstić information content (AvgIpc) is 2.47. The summed E-state index contributed by atoms with van der Waals surface area (Å²) in [6.07, 6.45) is 7.88. The van der Waals surface area contributed by atoms with E-state index in [0.29, 0.717) is 0 Å². The van der Waals surface area contributed by atoms with Crippen LogP contribution in [-0.2, 0) is 0 Å². The molecule has 2 rings (SSSR count). The highest BCUT2D eigenvalue weighted by atomic mass is 35.5. The molecule has 1 aliphatic rings. The molecule has 0 aliphatic carbocycles. The molecule has 1 heterocycles. The summed E-state index contributed by atoms with van der Waals surface area (Å²) in [5.74, 6) is 0.933. The lowest BCUT2D eigenvalue weighted by atomic mass is 10.1. The van der Waals surface area contributed by atoms with Crippen molar-refractivity contribution in [2.45, 2.75) is 45.4 Å². The van der Waals surface area contributed by atoms with Crippen molar-refractivity contribution in [2.24, 2.45) is 0 Å². The number of nitrogens with zero attached hydrogens (tertiary/aromatic N) is 1. The summed E-state index contributed by atoms with van der Waals surface area (Å²) in [6.45, 7) is 6.69. The zero-order valence-corrected chi connectivity index (χ0v) is 13.3. The molecular weight excluding hydrogens is 270 g/mol. The maximum absolute atomic E-state index is 6.00. The Hall–Kier alpha value is -0.730. The predicted molar refractivity (Wildman–Crippen MR) is 85.8 cm³/mol. The molecule has 0 N–H and O–H groups in total. The van der Waals surface area contributed by atoms with Gasteiger partial charge in [-0.3, -0.25) is 0 Å². The second-order valence-corrected chi connectivity index (χ2v) is 6.13. The maximum atomic E-state index is 6.00. The van der Waals surface area contributed by atoms with Gasteiger partial charge in [-0.15, -0.1) is 0 Å². The number of likely N-dealkylation sites (tertiary alicyclic amines) is 1. The van der Waals surface area contributed by atoms with E-state index in [1.54, 1.807) is 0 Å². The van der Waals surface area contributed by atoms with Crippen molar-refractivity contribution in [3.8, 4) is 5.75 Å². The fraction of sp³-hybridized carbons (Fsp3) is 0.647. The van der Waals surface area contributed by atoms with E-state index in [0.717, 1.165) is 29.4 Å². The van der Waals surface area contributed by atoms with Gasteiger partial charge < -0.3 is 9.64 Å². The number of hydrogen-bond donors (Lipinski definition) is 0. The Balaban J connectivity index is 1.53. The molecule has 0 unspecified atom stereocenters. The summed E-state index contributed by atoms with van der Waals surface area (Å²) < 4.78 is 5.76. The third kappa shape index (κ3) is 5.34. The molecule has 20 heavy (non-hydrogen) atoms. The van der Waals surface area contributed by atoms with Gasteiger partial charge in [0.05, 0.1) is 6.61 Å². The maximum Gasteiger partial charge on any atom is 0.119 e. The van der Waals surface area contributed by atoms with Crippen molar-refractivity contribution in [1.29, 1.82) is 0 Å². The fourth-order valence-corrected chi connectivity index (χ4v) is 2.81. The summed E-state index contributed by atoms with van der Waals surface area (Å²) in [6, 6.07) is 5.86. The van der Waals surface area contributed by atoms with Crippen molar-refractivity contribution < 1.29 is 4.74 Å². The molecule has 3 heteroatoms. The van der Waals surface area contributed by atoms with Gasteiger partial charge in [0.1, 0.15) is 5.75 Å².